The highest BCUT2D eigenvalue weighted by Crippen LogP contribution is 2.34. The first-order chi connectivity index (χ1) is 16.5. The number of amides is 2. The first-order valence-electron chi connectivity index (χ1n) is 11.4. The van der Waals surface area contributed by atoms with E-state index in [2.05, 4.69) is 15.4 Å². The Bertz CT molecular complexity index is 1120. The number of nitrogens with zero attached hydrogens (tertiary/aromatic N) is 3. The second kappa shape index (κ2) is 10.9. The average Bonchev–Trinajstić information content (AvgIpc) is 3.26. The van der Waals surface area contributed by atoms with Gasteiger partial charge in [0.25, 0.3) is 0 Å². The normalized spacial score (nSPS) is 14.6. The maximum Gasteiger partial charge on any atom is 0.322 e. The van der Waals surface area contributed by atoms with Crippen molar-refractivity contribution in [3.63, 3.8) is 0 Å². The minimum atomic E-state index is -0.329. The first kappa shape index (κ1) is 24.0. The van der Waals surface area contributed by atoms with Crippen molar-refractivity contribution in [2.24, 2.45) is 0 Å². The Hall–Kier alpha value is -3.10. The molecule has 2 aromatic carbocycles. The second-order valence-corrected chi connectivity index (χ2v) is 8.68. The van der Waals surface area contributed by atoms with Crippen molar-refractivity contribution in [3.05, 3.63) is 64.9 Å². The average molecular weight is 487 g/mol. The predicted molar refractivity (Wildman–Crippen MR) is 131 cm³/mol. The van der Waals surface area contributed by atoms with Crippen molar-refractivity contribution in [1.29, 1.82) is 0 Å². The van der Waals surface area contributed by atoms with E-state index in [1.807, 2.05) is 13.8 Å². The summed E-state index contributed by atoms with van der Waals surface area (Å²) in [6.45, 7) is 6.77. The molecule has 1 fully saturated rings. The molecule has 3 aromatic rings. The number of carbonyl (C=O) groups excluding carboxylic acids is 1. The Morgan fingerprint density at radius 2 is 1.97 bits per heavy atom. The Balaban J connectivity index is 1.69. The van der Waals surface area contributed by atoms with Gasteiger partial charge in [-0.25, -0.2) is 9.18 Å². The van der Waals surface area contributed by atoms with Gasteiger partial charge in [0.2, 0.25) is 5.88 Å². The molecule has 0 spiro atoms. The Kier molecular flexibility index (Phi) is 7.70. The number of carbonyl (C=O) groups is 1. The van der Waals surface area contributed by atoms with Crippen LogP contribution in [0.25, 0.3) is 11.3 Å². The van der Waals surface area contributed by atoms with Crippen molar-refractivity contribution < 1.29 is 18.4 Å². The molecule has 2 amide bonds. The van der Waals surface area contributed by atoms with Gasteiger partial charge in [0.05, 0.1) is 25.3 Å². The number of rotatable bonds is 7. The van der Waals surface area contributed by atoms with Crippen LogP contribution in [0.2, 0.25) is 5.02 Å². The molecule has 0 bridgehead atoms. The van der Waals surface area contributed by atoms with Crippen molar-refractivity contribution in [1.82, 2.24) is 10.1 Å². The van der Waals surface area contributed by atoms with Crippen molar-refractivity contribution in [3.8, 4) is 11.3 Å². The summed E-state index contributed by atoms with van der Waals surface area (Å²) in [5, 5.41) is 7.81. The van der Waals surface area contributed by atoms with Crippen LogP contribution in [0.15, 0.2) is 53.1 Å². The summed E-state index contributed by atoms with van der Waals surface area (Å²) in [6, 6.07) is 12.8. The summed E-state index contributed by atoms with van der Waals surface area (Å²) in [5.74, 6) is 0.274. The van der Waals surface area contributed by atoms with E-state index in [0.29, 0.717) is 48.6 Å². The molecule has 2 heterocycles. The molecular weight excluding hydrogens is 459 g/mol. The van der Waals surface area contributed by atoms with Crippen molar-refractivity contribution in [2.45, 2.75) is 32.9 Å². The van der Waals surface area contributed by atoms with E-state index in [4.69, 9.17) is 20.9 Å². The molecule has 1 aliphatic rings. The van der Waals surface area contributed by atoms with Gasteiger partial charge in [0, 0.05) is 35.4 Å². The van der Waals surface area contributed by atoms with E-state index < -0.39 is 0 Å². The monoisotopic (exact) mass is 486 g/mol. The van der Waals surface area contributed by atoms with Gasteiger partial charge in [-0.05, 0) is 55.8 Å². The van der Waals surface area contributed by atoms with Crippen LogP contribution < -0.4 is 10.2 Å². The maximum atomic E-state index is 13.6. The molecule has 1 aliphatic heterocycles. The fourth-order valence-corrected chi connectivity index (χ4v) is 4.06. The number of anilines is 2. The van der Waals surface area contributed by atoms with Gasteiger partial charge >= 0.3 is 6.03 Å². The van der Waals surface area contributed by atoms with Crippen LogP contribution in [0.5, 0.6) is 0 Å². The summed E-state index contributed by atoms with van der Waals surface area (Å²) in [4.78, 5) is 17.2. The first-order valence-corrected chi connectivity index (χ1v) is 11.7. The SMILES string of the molecule is CCC(C)N(Cc1c(-c2ccc(F)cc2)noc1N1CCOCC1)C(=O)Nc1cccc(Cl)c1. The minimum absolute atomic E-state index is 0.0623. The molecule has 0 saturated carbocycles. The molecule has 180 valence electrons. The molecule has 1 atom stereocenters. The van der Waals surface area contributed by atoms with Crippen LogP contribution in [0.4, 0.5) is 20.8 Å². The van der Waals surface area contributed by atoms with Crippen LogP contribution in [0, 0.1) is 5.82 Å². The zero-order chi connectivity index (χ0) is 24.1. The van der Waals surface area contributed by atoms with Crippen molar-refractivity contribution >= 4 is 29.2 Å². The van der Waals surface area contributed by atoms with Crippen LogP contribution in [-0.4, -0.2) is 48.4 Å². The smallest absolute Gasteiger partial charge is 0.322 e. The zero-order valence-corrected chi connectivity index (χ0v) is 20.0. The van der Waals surface area contributed by atoms with E-state index in [1.165, 1.54) is 12.1 Å². The fraction of sp³-hybridized carbons (Fsp3) is 0.360. The molecule has 0 radical (unpaired) electrons. The molecule has 1 N–H and O–H groups in total. The molecule has 1 saturated heterocycles. The number of aromatic nitrogens is 1. The third-order valence-corrected chi connectivity index (χ3v) is 6.21. The van der Waals surface area contributed by atoms with Crippen LogP contribution in [-0.2, 0) is 11.3 Å². The van der Waals surface area contributed by atoms with E-state index >= 15 is 0 Å². The lowest BCUT2D eigenvalue weighted by atomic mass is 10.1. The molecule has 0 aliphatic carbocycles. The summed E-state index contributed by atoms with van der Waals surface area (Å²) in [6.07, 6.45) is 0.757. The summed E-state index contributed by atoms with van der Waals surface area (Å²) < 4.78 is 24.9. The van der Waals surface area contributed by atoms with E-state index in [-0.39, 0.29) is 24.4 Å². The molecule has 4 rings (SSSR count). The number of nitrogens with one attached hydrogen (secondary N) is 1. The Morgan fingerprint density at radius 3 is 2.65 bits per heavy atom. The van der Waals surface area contributed by atoms with E-state index in [0.717, 1.165) is 17.5 Å². The highest BCUT2D eigenvalue weighted by molar-refractivity contribution is 6.30. The quantitative estimate of drug-likeness (QED) is 0.456. The highest BCUT2D eigenvalue weighted by Gasteiger charge is 2.29. The number of hydrogen-bond acceptors (Lipinski definition) is 5. The Morgan fingerprint density at radius 1 is 1.24 bits per heavy atom. The summed E-state index contributed by atoms with van der Waals surface area (Å²) >= 11 is 6.09. The van der Waals surface area contributed by atoms with Crippen LogP contribution in [0.3, 0.4) is 0 Å². The van der Waals surface area contributed by atoms with Gasteiger partial charge in [-0.1, -0.05) is 29.7 Å². The lowest BCUT2D eigenvalue weighted by Gasteiger charge is -2.31. The lowest BCUT2D eigenvalue weighted by molar-refractivity contribution is 0.119. The number of ether oxygens (including phenoxy) is 1. The standard InChI is InChI=1S/C25H28ClFN4O3/c1-3-17(2)31(25(32)28-21-6-4-5-19(26)15-21)16-22-23(18-7-9-20(27)10-8-18)29-34-24(22)30-11-13-33-14-12-30/h4-10,15,17H,3,11-14,16H2,1-2H3,(H,28,32). The van der Waals surface area contributed by atoms with Gasteiger partial charge in [-0.15, -0.1) is 0 Å². The lowest BCUT2D eigenvalue weighted by Crippen LogP contribution is -2.41. The third kappa shape index (κ3) is 5.51. The van der Waals surface area contributed by atoms with Crippen LogP contribution in [0.1, 0.15) is 25.8 Å². The molecule has 7 nitrogen and oxygen atoms in total. The maximum absolute atomic E-state index is 13.6. The minimum Gasteiger partial charge on any atom is -0.378 e. The van der Waals surface area contributed by atoms with E-state index in [1.54, 1.807) is 41.3 Å². The zero-order valence-electron chi connectivity index (χ0n) is 19.3. The second-order valence-electron chi connectivity index (χ2n) is 8.25. The topological polar surface area (TPSA) is 70.8 Å². The Labute approximate surface area is 203 Å². The fourth-order valence-electron chi connectivity index (χ4n) is 3.87. The largest absolute Gasteiger partial charge is 0.378 e. The van der Waals surface area contributed by atoms with Crippen LogP contribution >= 0.6 is 11.6 Å². The van der Waals surface area contributed by atoms with Crippen molar-refractivity contribution in [2.75, 3.05) is 36.5 Å². The molecule has 9 heteroatoms. The van der Waals surface area contributed by atoms with Gasteiger partial charge in [-0.3, -0.25) is 0 Å². The number of halogens is 2. The molecule has 1 unspecified atom stereocenters. The summed E-state index contributed by atoms with van der Waals surface area (Å²) in [5.41, 5.74) is 2.70. The third-order valence-electron chi connectivity index (χ3n) is 5.97. The molecular formula is C25H28ClFN4O3. The molecule has 1 aromatic heterocycles. The predicted octanol–water partition coefficient (Wildman–Crippen LogP) is 5.80. The number of morpholine rings is 1. The summed E-state index contributed by atoms with van der Waals surface area (Å²) in [7, 11) is 0. The number of benzene rings is 2. The van der Waals surface area contributed by atoms with E-state index in [9.17, 15) is 9.18 Å². The van der Waals surface area contributed by atoms with Gasteiger partial charge in [-0.2, -0.15) is 0 Å². The van der Waals surface area contributed by atoms with Gasteiger partial charge in [0.15, 0.2) is 0 Å². The number of hydrogen-bond donors (Lipinski definition) is 1. The highest BCUT2D eigenvalue weighted by atomic mass is 35.5. The van der Waals surface area contributed by atoms with Gasteiger partial charge < -0.3 is 24.4 Å². The van der Waals surface area contributed by atoms with Gasteiger partial charge in [0.1, 0.15) is 11.5 Å². The number of urea groups is 1. The molecule has 34 heavy (non-hydrogen) atoms.